The van der Waals surface area contributed by atoms with Crippen molar-refractivity contribution >= 4 is 11.8 Å². The van der Waals surface area contributed by atoms with Gasteiger partial charge in [-0.15, -0.1) is 0 Å². The smallest absolute Gasteiger partial charge is 0.412 e. The number of anilines is 1. The molecule has 1 atom stereocenters. The summed E-state index contributed by atoms with van der Waals surface area (Å²) in [7, 11) is 0. The number of rotatable bonds is 3. The van der Waals surface area contributed by atoms with Crippen LogP contribution in [-0.4, -0.2) is 28.8 Å². The lowest BCUT2D eigenvalue weighted by Gasteiger charge is -2.36. The summed E-state index contributed by atoms with van der Waals surface area (Å²) in [4.78, 5) is 17.3. The van der Waals surface area contributed by atoms with E-state index in [0.29, 0.717) is 24.6 Å². The summed E-state index contributed by atoms with van der Waals surface area (Å²) in [6.45, 7) is 4.22. The van der Waals surface area contributed by atoms with Crippen LogP contribution in [0.25, 0.3) is 0 Å². The van der Waals surface area contributed by atoms with Gasteiger partial charge in [-0.25, -0.2) is 14.2 Å². The average molecular weight is 330 g/mol. The number of nitrogens with zero attached hydrogens (tertiary/aromatic N) is 2. The first-order valence-electron chi connectivity index (χ1n) is 7.84. The molecule has 0 radical (unpaired) electrons. The number of amides is 1. The molecule has 0 fully saturated rings. The van der Waals surface area contributed by atoms with Crippen LogP contribution in [0, 0.1) is 11.7 Å². The van der Waals surface area contributed by atoms with Crippen LogP contribution < -0.4 is 9.64 Å². The van der Waals surface area contributed by atoms with Crippen LogP contribution in [0.2, 0.25) is 0 Å². The van der Waals surface area contributed by atoms with Gasteiger partial charge in [0, 0.05) is 6.20 Å². The minimum absolute atomic E-state index is 0.120. The summed E-state index contributed by atoms with van der Waals surface area (Å²) in [5, 5.41) is 9.62. The molecule has 6 heteroatoms. The van der Waals surface area contributed by atoms with Crippen molar-refractivity contribution in [3.8, 4) is 5.88 Å². The normalized spacial score (nSPS) is 16.7. The molecule has 1 unspecified atom stereocenters. The van der Waals surface area contributed by atoms with Gasteiger partial charge in [0.2, 0.25) is 5.88 Å². The van der Waals surface area contributed by atoms with Crippen molar-refractivity contribution in [3.63, 3.8) is 0 Å². The number of carbonyl (C=O) groups is 1. The van der Waals surface area contributed by atoms with Crippen LogP contribution in [0.1, 0.15) is 25.0 Å². The number of hydrogen-bond acceptors (Lipinski definition) is 3. The highest BCUT2D eigenvalue weighted by molar-refractivity contribution is 5.89. The summed E-state index contributed by atoms with van der Waals surface area (Å²) >= 11 is 0. The molecule has 1 N–H and O–H groups in total. The fourth-order valence-corrected chi connectivity index (χ4v) is 2.85. The number of carboxylic acid groups (broad SMARTS) is 1. The van der Waals surface area contributed by atoms with Crippen molar-refractivity contribution in [2.45, 2.75) is 26.3 Å². The molecule has 1 aromatic heterocycles. The van der Waals surface area contributed by atoms with E-state index in [1.54, 1.807) is 24.4 Å². The number of benzene rings is 1. The third kappa shape index (κ3) is 3.18. The standard InChI is InChI=1S/C18H19FN2O3/c1-11(2)16-10-24-17-15(21(16)18(22)23)8-13(9-20-17)7-12-3-5-14(19)6-4-12/h3-6,8-9,11,16H,7,10H2,1-2H3,(H,22,23). The summed E-state index contributed by atoms with van der Waals surface area (Å²) < 4.78 is 18.6. The van der Waals surface area contributed by atoms with Crippen molar-refractivity contribution in [2.24, 2.45) is 5.92 Å². The zero-order valence-electron chi connectivity index (χ0n) is 13.6. The van der Waals surface area contributed by atoms with Crippen LogP contribution in [-0.2, 0) is 6.42 Å². The summed E-state index contributed by atoms with van der Waals surface area (Å²) in [5.74, 6) is 0.166. The second-order valence-electron chi connectivity index (χ2n) is 6.25. The van der Waals surface area contributed by atoms with Crippen molar-refractivity contribution < 1.29 is 19.0 Å². The van der Waals surface area contributed by atoms with Gasteiger partial charge < -0.3 is 9.84 Å². The zero-order valence-corrected chi connectivity index (χ0v) is 13.6. The summed E-state index contributed by atoms with van der Waals surface area (Å²) in [6.07, 6.45) is 1.19. The fourth-order valence-electron chi connectivity index (χ4n) is 2.85. The molecule has 0 bridgehead atoms. The fraction of sp³-hybridized carbons (Fsp3) is 0.333. The van der Waals surface area contributed by atoms with Crippen molar-refractivity contribution in [1.29, 1.82) is 0 Å². The Morgan fingerprint density at radius 2 is 2.08 bits per heavy atom. The third-order valence-corrected chi connectivity index (χ3v) is 4.17. The zero-order chi connectivity index (χ0) is 17.3. The predicted molar refractivity (Wildman–Crippen MR) is 88.1 cm³/mol. The Bertz CT molecular complexity index is 746. The first-order chi connectivity index (χ1) is 11.5. The van der Waals surface area contributed by atoms with Crippen molar-refractivity contribution in [1.82, 2.24) is 4.98 Å². The molecule has 5 nitrogen and oxygen atoms in total. The molecule has 2 aromatic rings. The highest BCUT2D eigenvalue weighted by Gasteiger charge is 2.35. The molecule has 3 rings (SSSR count). The number of aromatic nitrogens is 1. The minimum atomic E-state index is -1.01. The van der Waals surface area contributed by atoms with Gasteiger partial charge in [0.15, 0.2) is 0 Å². The van der Waals surface area contributed by atoms with E-state index in [1.807, 2.05) is 13.8 Å². The van der Waals surface area contributed by atoms with Crippen LogP contribution in [0.15, 0.2) is 36.5 Å². The Morgan fingerprint density at radius 1 is 1.38 bits per heavy atom. The Labute approximate surface area is 139 Å². The molecule has 1 aromatic carbocycles. The van der Waals surface area contributed by atoms with E-state index in [2.05, 4.69) is 4.98 Å². The lowest BCUT2D eigenvalue weighted by Crippen LogP contribution is -2.49. The Balaban J connectivity index is 1.93. The van der Waals surface area contributed by atoms with E-state index in [9.17, 15) is 14.3 Å². The van der Waals surface area contributed by atoms with Gasteiger partial charge in [-0.2, -0.15) is 0 Å². The maximum Gasteiger partial charge on any atom is 0.412 e. The SMILES string of the molecule is CC(C)C1COc2ncc(Cc3ccc(F)cc3)cc2N1C(=O)O. The summed E-state index contributed by atoms with van der Waals surface area (Å²) in [6, 6.07) is 7.76. The van der Waals surface area contributed by atoms with Gasteiger partial charge in [-0.1, -0.05) is 26.0 Å². The van der Waals surface area contributed by atoms with Gasteiger partial charge in [-0.05, 0) is 41.7 Å². The lowest BCUT2D eigenvalue weighted by atomic mass is 10.0. The van der Waals surface area contributed by atoms with E-state index in [4.69, 9.17) is 4.74 Å². The second-order valence-corrected chi connectivity index (χ2v) is 6.25. The highest BCUT2D eigenvalue weighted by Crippen LogP contribution is 2.35. The van der Waals surface area contributed by atoms with E-state index in [1.165, 1.54) is 17.0 Å². The first kappa shape index (κ1) is 16.2. The van der Waals surface area contributed by atoms with Gasteiger partial charge in [0.05, 0.1) is 6.04 Å². The maximum atomic E-state index is 13.0. The second kappa shape index (κ2) is 6.47. The number of fused-ring (bicyclic) bond motifs is 1. The molecule has 0 aliphatic carbocycles. The minimum Gasteiger partial charge on any atom is -0.474 e. The van der Waals surface area contributed by atoms with Gasteiger partial charge in [0.25, 0.3) is 0 Å². The average Bonchev–Trinajstić information content (AvgIpc) is 2.55. The Morgan fingerprint density at radius 3 is 2.71 bits per heavy atom. The largest absolute Gasteiger partial charge is 0.474 e. The van der Waals surface area contributed by atoms with Gasteiger partial charge >= 0.3 is 6.09 Å². The first-order valence-corrected chi connectivity index (χ1v) is 7.84. The topological polar surface area (TPSA) is 62.7 Å². The molecule has 0 saturated carbocycles. The third-order valence-electron chi connectivity index (χ3n) is 4.17. The quantitative estimate of drug-likeness (QED) is 0.932. The molecule has 0 spiro atoms. The predicted octanol–water partition coefficient (Wildman–Crippen LogP) is 3.71. The van der Waals surface area contributed by atoms with Crippen LogP contribution in [0.4, 0.5) is 14.9 Å². The van der Waals surface area contributed by atoms with Crippen LogP contribution in [0.3, 0.4) is 0 Å². The van der Waals surface area contributed by atoms with Crippen LogP contribution >= 0.6 is 0 Å². The molecule has 1 aliphatic rings. The van der Waals surface area contributed by atoms with Crippen molar-refractivity contribution in [2.75, 3.05) is 11.5 Å². The van der Waals surface area contributed by atoms with Crippen LogP contribution in [0.5, 0.6) is 5.88 Å². The number of hydrogen-bond donors (Lipinski definition) is 1. The Hall–Kier alpha value is -2.63. The summed E-state index contributed by atoms with van der Waals surface area (Å²) in [5.41, 5.74) is 2.24. The Kier molecular flexibility index (Phi) is 4.38. The van der Waals surface area contributed by atoms with E-state index < -0.39 is 6.09 Å². The van der Waals surface area contributed by atoms with E-state index >= 15 is 0 Å². The number of ether oxygens (including phenoxy) is 1. The molecular weight excluding hydrogens is 311 g/mol. The molecule has 1 amide bonds. The molecule has 0 saturated heterocycles. The highest BCUT2D eigenvalue weighted by atomic mass is 19.1. The molecular formula is C18H19FN2O3. The van der Waals surface area contributed by atoms with Gasteiger partial charge in [-0.3, -0.25) is 4.90 Å². The molecule has 24 heavy (non-hydrogen) atoms. The maximum absolute atomic E-state index is 13.0. The lowest BCUT2D eigenvalue weighted by molar-refractivity contribution is 0.177. The van der Waals surface area contributed by atoms with Gasteiger partial charge in [0.1, 0.15) is 18.1 Å². The molecule has 126 valence electrons. The number of pyridine rings is 1. The van der Waals surface area contributed by atoms with E-state index in [0.717, 1.165) is 11.1 Å². The molecule has 1 aliphatic heterocycles. The number of halogens is 1. The van der Waals surface area contributed by atoms with E-state index in [-0.39, 0.29) is 17.8 Å². The monoisotopic (exact) mass is 330 g/mol. The molecule has 2 heterocycles. The van der Waals surface area contributed by atoms with Crippen molar-refractivity contribution in [3.05, 3.63) is 53.5 Å².